The van der Waals surface area contributed by atoms with Crippen LogP contribution in [0.1, 0.15) is 64.5 Å². The number of ether oxygens (including phenoxy) is 3. The number of aromatic nitrogens is 3. The van der Waals surface area contributed by atoms with Gasteiger partial charge in [-0.25, -0.2) is 9.78 Å². The van der Waals surface area contributed by atoms with Crippen LogP contribution in [0.25, 0.3) is 11.4 Å². The SMILES string of the molecule is COc1c(C(=O)O)cnn1-c1cccc(C2=CCCC(C)=C2OCc2ccc3c(c2C)CCN([C@@H]2CCOC2)CC3)n1. The first-order valence-electron chi connectivity index (χ1n) is 14.7. The number of fused-ring (bicyclic) bond motifs is 1. The summed E-state index contributed by atoms with van der Waals surface area (Å²) in [5.74, 6) is 0.352. The molecule has 0 radical (unpaired) electrons. The zero-order valence-corrected chi connectivity index (χ0v) is 24.6. The maximum Gasteiger partial charge on any atom is 0.342 e. The summed E-state index contributed by atoms with van der Waals surface area (Å²) in [7, 11) is 1.43. The van der Waals surface area contributed by atoms with Gasteiger partial charge in [0.25, 0.3) is 0 Å². The summed E-state index contributed by atoms with van der Waals surface area (Å²) < 4.78 is 19.0. The first kappa shape index (κ1) is 28.2. The number of benzene rings is 1. The Morgan fingerprint density at radius 3 is 2.79 bits per heavy atom. The van der Waals surface area contributed by atoms with Gasteiger partial charge in [0.15, 0.2) is 5.82 Å². The summed E-state index contributed by atoms with van der Waals surface area (Å²) in [6.45, 7) is 8.73. The summed E-state index contributed by atoms with van der Waals surface area (Å²) >= 11 is 0. The highest BCUT2D eigenvalue weighted by molar-refractivity contribution is 5.90. The van der Waals surface area contributed by atoms with Crippen LogP contribution in [0.4, 0.5) is 0 Å². The zero-order chi connectivity index (χ0) is 29.2. The number of rotatable bonds is 8. The second-order valence-corrected chi connectivity index (χ2v) is 11.3. The largest absolute Gasteiger partial charge is 0.488 e. The van der Waals surface area contributed by atoms with Gasteiger partial charge in [0.05, 0.1) is 25.6 Å². The van der Waals surface area contributed by atoms with Gasteiger partial charge in [-0.1, -0.05) is 24.3 Å². The number of hydrogen-bond donors (Lipinski definition) is 1. The van der Waals surface area contributed by atoms with E-state index >= 15 is 0 Å². The molecule has 42 heavy (non-hydrogen) atoms. The second-order valence-electron chi connectivity index (χ2n) is 11.3. The molecule has 1 aromatic carbocycles. The second kappa shape index (κ2) is 12.1. The van der Waals surface area contributed by atoms with E-state index in [1.807, 2.05) is 12.1 Å². The third-order valence-electron chi connectivity index (χ3n) is 8.80. The molecule has 1 saturated heterocycles. The van der Waals surface area contributed by atoms with Crippen LogP contribution >= 0.6 is 0 Å². The third kappa shape index (κ3) is 5.46. The number of carboxylic acid groups (broad SMARTS) is 1. The van der Waals surface area contributed by atoms with Crippen molar-refractivity contribution in [1.29, 1.82) is 0 Å². The van der Waals surface area contributed by atoms with E-state index in [1.165, 1.54) is 45.8 Å². The van der Waals surface area contributed by atoms with E-state index in [9.17, 15) is 9.90 Å². The van der Waals surface area contributed by atoms with Crippen LogP contribution in [0.15, 0.2) is 53.9 Å². The standard InChI is InChI=1S/C33H38N4O5/c1-21-6-4-7-27(29-8-5-9-30(35-29)37-32(40-3)28(18-34-37)33(38)39)31(21)42-19-24-11-10-23-12-15-36(25-14-17-41-20-25)16-13-26(23)22(24)2/h5,7-11,18,25H,4,6,12-17,19-20H2,1-3H3,(H,38,39)/t25-/m1/s1. The Labute approximate surface area is 246 Å². The van der Waals surface area contributed by atoms with Crippen molar-refractivity contribution in [2.45, 2.75) is 58.6 Å². The lowest BCUT2D eigenvalue weighted by molar-refractivity contribution is 0.0693. The molecule has 9 nitrogen and oxygen atoms in total. The van der Waals surface area contributed by atoms with Gasteiger partial charge in [-0.05, 0) is 85.9 Å². The maximum atomic E-state index is 11.6. The summed E-state index contributed by atoms with van der Waals surface area (Å²) in [4.78, 5) is 19.1. The molecule has 1 atom stereocenters. The fraction of sp³-hybridized carbons (Fsp3) is 0.424. The zero-order valence-electron chi connectivity index (χ0n) is 24.6. The molecule has 3 aliphatic rings. The Bertz CT molecular complexity index is 1550. The minimum absolute atomic E-state index is 0.0160. The fourth-order valence-corrected chi connectivity index (χ4v) is 6.38. The minimum atomic E-state index is -1.10. The molecule has 0 bridgehead atoms. The highest BCUT2D eigenvalue weighted by Gasteiger charge is 2.26. The molecule has 1 aliphatic carbocycles. The van der Waals surface area contributed by atoms with Gasteiger partial charge < -0.3 is 19.3 Å². The smallest absolute Gasteiger partial charge is 0.342 e. The highest BCUT2D eigenvalue weighted by Crippen LogP contribution is 2.34. The fourth-order valence-electron chi connectivity index (χ4n) is 6.38. The predicted octanol–water partition coefficient (Wildman–Crippen LogP) is 5.14. The van der Waals surface area contributed by atoms with Crippen molar-refractivity contribution in [3.8, 4) is 11.7 Å². The highest BCUT2D eigenvalue weighted by atomic mass is 16.5. The third-order valence-corrected chi connectivity index (χ3v) is 8.80. The van der Waals surface area contributed by atoms with Crippen LogP contribution in [-0.4, -0.2) is 70.2 Å². The van der Waals surface area contributed by atoms with Crippen molar-refractivity contribution in [3.63, 3.8) is 0 Å². The van der Waals surface area contributed by atoms with Crippen LogP contribution in [0.2, 0.25) is 0 Å². The Morgan fingerprint density at radius 1 is 1.14 bits per heavy atom. The van der Waals surface area contributed by atoms with Gasteiger partial charge in [0.2, 0.25) is 5.88 Å². The van der Waals surface area contributed by atoms with Crippen molar-refractivity contribution >= 4 is 11.5 Å². The van der Waals surface area contributed by atoms with Gasteiger partial charge >= 0.3 is 5.97 Å². The number of pyridine rings is 1. The molecule has 9 heteroatoms. The first-order chi connectivity index (χ1) is 20.4. The number of nitrogens with zero attached hydrogens (tertiary/aromatic N) is 4. The number of allylic oxidation sites excluding steroid dienone is 3. The van der Waals surface area contributed by atoms with Gasteiger partial charge in [-0.15, -0.1) is 0 Å². The van der Waals surface area contributed by atoms with E-state index in [0.29, 0.717) is 18.5 Å². The topological polar surface area (TPSA) is 98.9 Å². The quantitative estimate of drug-likeness (QED) is 0.398. The summed E-state index contributed by atoms with van der Waals surface area (Å²) in [5.41, 5.74) is 8.30. The molecular weight excluding hydrogens is 532 g/mol. The van der Waals surface area contributed by atoms with Gasteiger partial charge in [0, 0.05) is 31.3 Å². The van der Waals surface area contributed by atoms with E-state index in [1.54, 1.807) is 6.07 Å². The Morgan fingerprint density at radius 2 is 2.00 bits per heavy atom. The molecule has 4 heterocycles. The molecule has 0 saturated carbocycles. The first-order valence-corrected chi connectivity index (χ1v) is 14.7. The van der Waals surface area contributed by atoms with Crippen LogP contribution in [0.3, 0.4) is 0 Å². The van der Waals surface area contributed by atoms with Crippen molar-refractivity contribution < 1.29 is 24.1 Å². The molecule has 2 aliphatic heterocycles. The number of carboxylic acids is 1. The number of aromatic carboxylic acids is 1. The van der Waals surface area contributed by atoms with E-state index in [0.717, 1.165) is 75.4 Å². The molecule has 6 rings (SSSR count). The Balaban J connectivity index is 1.22. The van der Waals surface area contributed by atoms with Crippen molar-refractivity contribution in [1.82, 2.24) is 19.7 Å². The molecule has 3 aromatic rings. The molecule has 2 aromatic heterocycles. The van der Waals surface area contributed by atoms with Crippen LogP contribution < -0.4 is 4.74 Å². The van der Waals surface area contributed by atoms with E-state index < -0.39 is 5.97 Å². The number of methoxy groups -OCH3 is 1. The van der Waals surface area contributed by atoms with Gasteiger partial charge in [-0.2, -0.15) is 9.78 Å². The molecular formula is C33H38N4O5. The van der Waals surface area contributed by atoms with Crippen LogP contribution in [0, 0.1) is 6.92 Å². The molecule has 1 fully saturated rings. The average molecular weight is 571 g/mol. The molecule has 220 valence electrons. The Hall–Kier alpha value is -3.95. The molecule has 0 unspecified atom stereocenters. The van der Waals surface area contributed by atoms with Crippen molar-refractivity contribution in [2.75, 3.05) is 33.4 Å². The van der Waals surface area contributed by atoms with Gasteiger partial charge in [0.1, 0.15) is 17.9 Å². The Kier molecular flexibility index (Phi) is 8.13. The summed E-state index contributed by atoms with van der Waals surface area (Å²) in [5, 5.41) is 13.7. The summed E-state index contributed by atoms with van der Waals surface area (Å²) in [6, 6.07) is 10.7. The molecule has 0 amide bonds. The predicted molar refractivity (Wildman–Crippen MR) is 159 cm³/mol. The van der Waals surface area contributed by atoms with Crippen LogP contribution in [0.5, 0.6) is 5.88 Å². The maximum absolute atomic E-state index is 11.6. The molecule has 1 N–H and O–H groups in total. The van der Waals surface area contributed by atoms with E-state index in [4.69, 9.17) is 19.2 Å². The van der Waals surface area contributed by atoms with Crippen molar-refractivity contribution in [2.24, 2.45) is 0 Å². The minimum Gasteiger partial charge on any atom is -0.488 e. The van der Waals surface area contributed by atoms with Gasteiger partial charge in [-0.3, -0.25) is 4.90 Å². The van der Waals surface area contributed by atoms with E-state index in [2.05, 4.69) is 42.1 Å². The van der Waals surface area contributed by atoms with Crippen LogP contribution in [-0.2, 0) is 28.9 Å². The van der Waals surface area contributed by atoms with Crippen molar-refractivity contribution in [3.05, 3.63) is 87.4 Å². The number of hydrogen-bond acceptors (Lipinski definition) is 7. The average Bonchev–Trinajstić information content (AvgIpc) is 3.64. The lowest BCUT2D eigenvalue weighted by Crippen LogP contribution is -2.37. The normalized spacial score (nSPS) is 19.3. The van der Waals surface area contributed by atoms with E-state index in [-0.39, 0.29) is 11.4 Å². The molecule has 0 spiro atoms. The lowest BCUT2D eigenvalue weighted by atomic mass is 9.93. The number of carbonyl (C=O) groups is 1. The monoisotopic (exact) mass is 570 g/mol. The summed E-state index contributed by atoms with van der Waals surface area (Å²) in [6.07, 6.45) is 8.53. The lowest BCUT2D eigenvalue weighted by Gasteiger charge is -2.25.